The van der Waals surface area contributed by atoms with Crippen molar-refractivity contribution in [2.24, 2.45) is 0 Å². The largest absolute Gasteiger partial charge is 0.346 e. The fraction of sp³-hybridized carbons (Fsp3) is 0.182. The maximum atomic E-state index is 13.6. The standard InChI is InChI=1S/C22H18ClN7O.H2S/c23-16-9-12-29-18(16)22(31)30(14-5-2-1-3-6-14)21(27-29)17-7-4-11-28(17)20-15-8-10-24-19(15)25-13-26-20;/h1-3,5-6,8-10,12-13,17H,4,7,11H2,(H,24,25,26);1H2/t17-;/m0./s1. The summed E-state index contributed by atoms with van der Waals surface area (Å²) in [6.45, 7) is 0.817. The molecule has 162 valence electrons. The van der Waals surface area contributed by atoms with Gasteiger partial charge in [0.25, 0.3) is 5.56 Å². The predicted octanol–water partition coefficient (Wildman–Crippen LogP) is 3.86. The van der Waals surface area contributed by atoms with Gasteiger partial charge < -0.3 is 9.88 Å². The number of aromatic nitrogens is 6. The first-order valence-electron chi connectivity index (χ1n) is 10.1. The summed E-state index contributed by atoms with van der Waals surface area (Å²) in [5.74, 6) is 1.50. The first-order valence-corrected chi connectivity index (χ1v) is 10.5. The zero-order valence-corrected chi connectivity index (χ0v) is 18.7. The van der Waals surface area contributed by atoms with Crippen LogP contribution in [0.3, 0.4) is 0 Å². The highest BCUT2D eigenvalue weighted by molar-refractivity contribution is 7.59. The molecule has 0 saturated carbocycles. The van der Waals surface area contributed by atoms with Gasteiger partial charge in [-0.1, -0.05) is 29.8 Å². The zero-order valence-electron chi connectivity index (χ0n) is 16.9. The summed E-state index contributed by atoms with van der Waals surface area (Å²) < 4.78 is 3.27. The number of hydrogen-bond acceptors (Lipinski definition) is 5. The third-order valence-corrected chi connectivity index (χ3v) is 6.14. The van der Waals surface area contributed by atoms with Crippen molar-refractivity contribution in [3.63, 3.8) is 0 Å². The van der Waals surface area contributed by atoms with E-state index in [-0.39, 0.29) is 25.1 Å². The molecular formula is C22H20ClN7OS. The second kappa shape index (κ2) is 7.99. The minimum absolute atomic E-state index is 0. The van der Waals surface area contributed by atoms with Crippen molar-refractivity contribution in [3.8, 4) is 5.69 Å². The van der Waals surface area contributed by atoms with Crippen molar-refractivity contribution < 1.29 is 0 Å². The molecule has 0 unspecified atom stereocenters. The number of halogens is 1. The Kier molecular flexibility index (Phi) is 5.15. The molecule has 6 rings (SSSR count). The van der Waals surface area contributed by atoms with Gasteiger partial charge in [0.15, 0.2) is 5.82 Å². The molecule has 8 nitrogen and oxygen atoms in total. The lowest BCUT2D eigenvalue weighted by atomic mass is 10.2. The Morgan fingerprint density at radius 3 is 2.78 bits per heavy atom. The molecule has 1 aliphatic heterocycles. The molecular weight excluding hydrogens is 446 g/mol. The van der Waals surface area contributed by atoms with Gasteiger partial charge in [0, 0.05) is 18.9 Å². The summed E-state index contributed by atoms with van der Waals surface area (Å²) in [4.78, 5) is 27.8. The van der Waals surface area contributed by atoms with Gasteiger partial charge in [-0.05, 0) is 37.1 Å². The maximum Gasteiger partial charge on any atom is 0.284 e. The molecule has 4 aromatic heterocycles. The van der Waals surface area contributed by atoms with E-state index in [1.807, 2.05) is 42.6 Å². The molecule has 0 radical (unpaired) electrons. The van der Waals surface area contributed by atoms with E-state index in [0.717, 1.165) is 41.9 Å². The molecule has 0 amide bonds. The van der Waals surface area contributed by atoms with Crippen LogP contribution in [-0.2, 0) is 0 Å². The van der Waals surface area contributed by atoms with E-state index in [0.29, 0.717) is 16.4 Å². The summed E-state index contributed by atoms with van der Waals surface area (Å²) in [5.41, 5.74) is 1.73. The zero-order chi connectivity index (χ0) is 20.9. The van der Waals surface area contributed by atoms with Crippen molar-refractivity contribution in [2.45, 2.75) is 18.9 Å². The minimum atomic E-state index is -0.187. The molecule has 5 heterocycles. The lowest BCUT2D eigenvalue weighted by Crippen LogP contribution is -2.33. The smallest absolute Gasteiger partial charge is 0.284 e. The fourth-order valence-electron chi connectivity index (χ4n) is 4.47. The molecule has 0 aliphatic carbocycles. The average molecular weight is 466 g/mol. The van der Waals surface area contributed by atoms with Crippen molar-refractivity contribution in [2.75, 3.05) is 11.4 Å². The Bertz CT molecular complexity index is 1480. The van der Waals surface area contributed by atoms with Crippen molar-refractivity contribution in [1.82, 2.24) is 29.1 Å². The topological polar surface area (TPSA) is 84.1 Å². The third kappa shape index (κ3) is 3.08. The number of benzene rings is 1. The van der Waals surface area contributed by atoms with Crippen molar-refractivity contribution in [1.29, 1.82) is 0 Å². The highest BCUT2D eigenvalue weighted by Crippen LogP contribution is 2.37. The number of anilines is 1. The summed E-state index contributed by atoms with van der Waals surface area (Å²) >= 11 is 6.32. The third-order valence-electron chi connectivity index (χ3n) is 5.83. The molecule has 1 atom stereocenters. The highest BCUT2D eigenvalue weighted by Gasteiger charge is 2.33. The van der Waals surface area contributed by atoms with Crippen LogP contribution in [0.1, 0.15) is 24.7 Å². The Labute approximate surface area is 194 Å². The lowest BCUT2D eigenvalue weighted by Gasteiger charge is -2.27. The lowest BCUT2D eigenvalue weighted by molar-refractivity contribution is 0.602. The van der Waals surface area contributed by atoms with Crippen LogP contribution >= 0.6 is 25.1 Å². The van der Waals surface area contributed by atoms with Crippen LogP contribution in [-0.4, -0.2) is 35.7 Å². The summed E-state index contributed by atoms with van der Waals surface area (Å²) in [6.07, 6.45) is 6.98. The van der Waals surface area contributed by atoms with E-state index in [1.54, 1.807) is 27.7 Å². The maximum absolute atomic E-state index is 13.6. The summed E-state index contributed by atoms with van der Waals surface area (Å²) in [5, 5.41) is 6.20. The molecule has 1 fully saturated rings. The number of hydrogen-bond donors (Lipinski definition) is 1. The van der Waals surface area contributed by atoms with Gasteiger partial charge in [-0.3, -0.25) is 9.36 Å². The van der Waals surface area contributed by atoms with Gasteiger partial charge in [0.1, 0.15) is 23.3 Å². The molecule has 1 N–H and O–H groups in total. The molecule has 5 aromatic rings. The van der Waals surface area contributed by atoms with E-state index in [1.165, 1.54) is 0 Å². The number of nitrogens with one attached hydrogen (secondary N) is 1. The van der Waals surface area contributed by atoms with Crippen LogP contribution in [0.15, 0.2) is 66.0 Å². The molecule has 10 heteroatoms. The SMILES string of the molecule is O=c1c2c(Cl)ccn2nc([C@@H]2CCCN2c2ncnc3[nH]ccc23)n1-c1ccccc1.S. The summed E-state index contributed by atoms with van der Waals surface area (Å²) in [7, 11) is 0. The number of fused-ring (bicyclic) bond motifs is 2. The van der Waals surface area contributed by atoms with Crippen LogP contribution in [0.5, 0.6) is 0 Å². The Balaban J connectivity index is 0.00000216. The van der Waals surface area contributed by atoms with Gasteiger partial charge >= 0.3 is 0 Å². The molecule has 1 aromatic carbocycles. The highest BCUT2D eigenvalue weighted by atomic mass is 35.5. The fourth-order valence-corrected chi connectivity index (χ4v) is 4.69. The van der Waals surface area contributed by atoms with E-state index in [9.17, 15) is 4.79 Å². The van der Waals surface area contributed by atoms with E-state index in [4.69, 9.17) is 16.7 Å². The molecule has 1 saturated heterocycles. The second-order valence-corrected chi connectivity index (χ2v) is 7.99. The monoisotopic (exact) mass is 465 g/mol. The van der Waals surface area contributed by atoms with Crippen LogP contribution in [0.25, 0.3) is 22.2 Å². The van der Waals surface area contributed by atoms with E-state index < -0.39 is 0 Å². The molecule has 0 bridgehead atoms. The van der Waals surface area contributed by atoms with E-state index in [2.05, 4.69) is 19.9 Å². The molecule has 1 aliphatic rings. The van der Waals surface area contributed by atoms with Crippen LogP contribution < -0.4 is 10.5 Å². The van der Waals surface area contributed by atoms with Crippen molar-refractivity contribution >= 4 is 47.5 Å². The predicted molar refractivity (Wildman–Crippen MR) is 129 cm³/mol. The van der Waals surface area contributed by atoms with Gasteiger partial charge in [-0.15, -0.1) is 0 Å². The summed E-state index contributed by atoms with van der Waals surface area (Å²) in [6, 6.07) is 13.1. The number of aromatic amines is 1. The normalized spacial score (nSPS) is 16.0. The number of rotatable bonds is 3. The van der Waals surface area contributed by atoms with Crippen molar-refractivity contribution in [3.05, 3.63) is 82.4 Å². The molecule has 32 heavy (non-hydrogen) atoms. The first kappa shape index (κ1) is 20.6. The second-order valence-electron chi connectivity index (χ2n) is 7.58. The number of nitrogens with zero attached hydrogens (tertiary/aromatic N) is 6. The van der Waals surface area contributed by atoms with Gasteiger partial charge in [-0.25, -0.2) is 14.5 Å². The van der Waals surface area contributed by atoms with Gasteiger partial charge in [0.05, 0.1) is 22.1 Å². The quantitative estimate of drug-likeness (QED) is 0.437. The van der Waals surface area contributed by atoms with Crippen LogP contribution in [0.2, 0.25) is 5.02 Å². The van der Waals surface area contributed by atoms with Crippen LogP contribution in [0, 0.1) is 0 Å². The number of H-pyrrole nitrogens is 1. The average Bonchev–Trinajstić information content (AvgIpc) is 3.53. The molecule has 0 spiro atoms. The van der Waals surface area contributed by atoms with Gasteiger partial charge in [0.2, 0.25) is 0 Å². The van der Waals surface area contributed by atoms with E-state index >= 15 is 0 Å². The Hall–Kier alpha value is -3.30. The Morgan fingerprint density at radius 1 is 1.09 bits per heavy atom. The minimum Gasteiger partial charge on any atom is -0.346 e. The first-order chi connectivity index (χ1) is 15.2. The van der Waals surface area contributed by atoms with Crippen LogP contribution in [0.4, 0.5) is 5.82 Å². The Morgan fingerprint density at radius 2 is 1.94 bits per heavy atom. The van der Waals surface area contributed by atoms with Gasteiger partial charge in [-0.2, -0.15) is 18.6 Å². The number of para-hydroxylation sites is 1.